The molecular formula is C18H19Cl2N3O. The van der Waals surface area contributed by atoms with Gasteiger partial charge in [-0.3, -0.25) is 9.36 Å². The zero-order valence-corrected chi connectivity index (χ0v) is 15.2. The first kappa shape index (κ1) is 17.2. The topological polar surface area (TPSA) is 60.9 Å². The van der Waals surface area contributed by atoms with Crippen LogP contribution in [-0.4, -0.2) is 15.1 Å². The molecule has 126 valence electrons. The normalized spacial score (nSPS) is 20.8. The number of nitrogens with zero attached hydrogens (tertiary/aromatic N) is 2. The maximum atomic E-state index is 12.7. The molecule has 2 aromatic rings. The Morgan fingerprint density at radius 3 is 2.71 bits per heavy atom. The Bertz CT molecular complexity index is 884. The first-order chi connectivity index (χ1) is 11.3. The second-order valence-corrected chi connectivity index (χ2v) is 7.31. The zero-order valence-electron chi connectivity index (χ0n) is 13.6. The van der Waals surface area contributed by atoms with Gasteiger partial charge in [0.05, 0.1) is 21.4 Å². The molecule has 4 nitrogen and oxygen atoms in total. The summed E-state index contributed by atoms with van der Waals surface area (Å²) in [6, 6.07) is 6.75. The van der Waals surface area contributed by atoms with Crippen LogP contribution in [0.15, 0.2) is 35.1 Å². The molecule has 1 atom stereocenters. The van der Waals surface area contributed by atoms with Gasteiger partial charge in [-0.15, -0.1) is 0 Å². The molecule has 0 saturated carbocycles. The summed E-state index contributed by atoms with van der Waals surface area (Å²) in [6.45, 7) is 3.83. The van der Waals surface area contributed by atoms with Crippen LogP contribution in [0, 0.1) is 6.92 Å². The van der Waals surface area contributed by atoms with E-state index in [1.165, 1.54) is 4.57 Å². The summed E-state index contributed by atoms with van der Waals surface area (Å²) in [7, 11) is 0. The summed E-state index contributed by atoms with van der Waals surface area (Å²) >= 11 is 12.3. The minimum atomic E-state index is -0.179. The Labute approximate surface area is 150 Å². The molecule has 0 unspecified atom stereocenters. The van der Waals surface area contributed by atoms with Gasteiger partial charge in [0.2, 0.25) is 0 Å². The van der Waals surface area contributed by atoms with E-state index in [-0.39, 0.29) is 11.1 Å². The van der Waals surface area contributed by atoms with Crippen molar-refractivity contribution in [3.05, 3.63) is 62.3 Å². The monoisotopic (exact) mass is 363 g/mol. The average Bonchev–Trinajstić information content (AvgIpc) is 2.50. The highest BCUT2D eigenvalue weighted by Gasteiger charge is 2.23. The van der Waals surface area contributed by atoms with Crippen LogP contribution in [0.3, 0.4) is 0 Å². The zero-order chi connectivity index (χ0) is 17.5. The van der Waals surface area contributed by atoms with Gasteiger partial charge < -0.3 is 5.73 Å². The van der Waals surface area contributed by atoms with Crippen molar-refractivity contribution in [2.24, 2.45) is 5.73 Å². The van der Waals surface area contributed by atoms with Gasteiger partial charge >= 0.3 is 0 Å². The first-order valence-corrected chi connectivity index (χ1v) is 8.57. The number of hydrogen-bond acceptors (Lipinski definition) is 3. The Hall–Kier alpha value is -1.62. The largest absolute Gasteiger partial charge is 0.325 e. The molecule has 6 heteroatoms. The number of allylic oxidation sites excluding steroid dienone is 1. The summed E-state index contributed by atoms with van der Waals surface area (Å²) in [6.07, 6.45) is 4.57. The van der Waals surface area contributed by atoms with Crippen molar-refractivity contribution < 1.29 is 0 Å². The average molecular weight is 364 g/mol. The summed E-state index contributed by atoms with van der Waals surface area (Å²) in [5, 5.41) is 0.747. The van der Waals surface area contributed by atoms with Crippen molar-refractivity contribution >= 4 is 28.8 Å². The van der Waals surface area contributed by atoms with Crippen molar-refractivity contribution in [1.82, 2.24) is 9.55 Å². The molecule has 1 aliphatic rings. The third kappa shape index (κ3) is 3.27. The standard InChI is InChI=1S/C18H19Cl2N3O/c1-11-22-14(12-6-8-18(2,21)9-7-12)10-16(24)23(11)15-5-3-4-13(19)17(15)20/h3-6,10H,7-9,21H2,1-2H3/t18-/m0/s1. The van der Waals surface area contributed by atoms with E-state index in [0.29, 0.717) is 27.3 Å². The predicted molar refractivity (Wildman–Crippen MR) is 99.0 cm³/mol. The fourth-order valence-corrected chi connectivity index (χ4v) is 3.31. The van der Waals surface area contributed by atoms with E-state index in [4.69, 9.17) is 28.9 Å². The number of nitrogens with two attached hydrogens (primary N) is 1. The molecule has 0 aliphatic heterocycles. The molecule has 1 aliphatic carbocycles. The van der Waals surface area contributed by atoms with Gasteiger partial charge in [0.1, 0.15) is 5.82 Å². The number of rotatable bonds is 2. The van der Waals surface area contributed by atoms with Gasteiger partial charge in [0, 0.05) is 11.6 Å². The molecule has 0 fully saturated rings. The van der Waals surface area contributed by atoms with Crippen molar-refractivity contribution in [1.29, 1.82) is 0 Å². The summed E-state index contributed by atoms with van der Waals surface area (Å²) in [4.78, 5) is 17.3. The van der Waals surface area contributed by atoms with E-state index in [2.05, 4.69) is 11.1 Å². The van der Waals surface area contributed by atoms with Crippen LogP contribution >= 0.6 is 23.2 Å². The van der Waals surface area contributed by atoms with Crippen LogP contribution in [0.1, 0.15) is 37.7 Å². The van der Waals surface area contributed by atoms with Crippen LogP contribution in [-0.2, 0) is 0 Å². The molecular weight excluding hydrogens is 345 g/mol. The smallest absolute Gasteiger partial charge is 0.258 e. The van der Waals surface area contributed by atoms with Crippen LogP contribution in [0.2, 0.25) is 10.0 Å². The minimum Gasteiger partial charge on any atom is -0.325 e. The SMILES string of the molecule is Cc1nc(C2=CC[C@](C)(N)CC2)cc(=O)n1-c1cccc(Cl)c1Cl. The summed E-state index contributed by atoms with van der Waals surface area (Å²) in [5.74, 6) is 0.573. The highest BCUT2D eigenvalue weighted by molar-refractivity contribution is 6.43. The van der Waals surface area contributed by atoms with Gasteiger partial charge in [0.15, 0.2) is 0 Å². The van der Waals surface area contributed by atoms with E-state index in [1.807, 2.05) is 6.92 Å². The third-order valence-corrected chi connectivity index (χ3v) is 5.18. The second-order valence-electron chi connectivity index (χ2n) is 6.52. The molecule has 0 bridgehead atoms. The highest BCUT2D eigenvalue weighted by Crippen LogP contribution is 2.31. The fourth-order valence-electron chi connectivity index (χ4n) is 2.93. The number of hydrogen-bond donors (Lipinski definition) is 1. The number of aromatic nitrogens is 2. The van der Waals surface area contributed by atoms with Gasteiger partial charge in [0.25, 0.3) is 5.56 Å². The molecule has 0 radical (unpaired) electrons. The molecule has 1 heterocycles. The lowest BCUT2D eigenvalue weighted by molar-refractivity contribution is 0.432. The van der Waals surface area contributed by atoms with Crippen molar-refractivity contribution in [2.75, 3.05) is 0 Å². The first-order valence-electron chi connectivity index (χ1n) is 7.82. The Kier molecular flexibility index (Phi) is 4.56. The van der Waals surface area contributed by atoms with Crippen LogP contribution in [0.5, 0.6) is 0 Å². The molecule has 0 spiro atoms. The molecule has 0 saturated heterocycles. The summed E-state index contributed by atoms with van der Waals surface area (Å²) < 4.78 is 1.48. The second kappa shape index (κ2) is 6.36. The summed E-state index contributed by atoms with van der Waals surface area (Å²) in [5.41, 5.74) is 8.12. The number of aryl methyl sites for hydroxylation is 1. The Morgan fingerprint density at radius 1 is 1.33 bits per heavy atom. The lowest BCUT2D eigenvalue weighted by Gasteiger charge is -2.28. The molecule has 1 aromatic carbocycles. The van der Waals surface area contributed by atoms with Crippen LogP contribution in [0.4, 0.5) is 0 Å². The van der Waals surface area contributed by atoms with Crippen molar-refractivity contribution in [2.45, 2.75) is 38.6 Å². The molecule has 1 aromatic heterocycles. The number of halogens is 2. The molecule has 2 N–H and O–H groups in total. The van der Waals surface area contributed by atoms with Gasteiger partial charge in [-0.25, -0.2) is 4.98 Å². The maximum Gasteiger partial charge on any atom is 0.258 e. The minimum absolute atomic E-state index is 0.177. The molecule has 24 heavy (non-hydrogen) atoms. The van der Waals surface area contributed by atoms with E-state index in [9.17, 15) is 4.79 Å². The van der Waals surface area contributed by atoms with E-state index in [1.54, 1.807) is 31.2 Å². The lowest BCUT2D eigenvalue weighted by Crippen LogP contribution is -2.37. The Balaban J connectivity index is 2.06. The predicted octanol–water partition coefficient (Wildman–Crippen LogP) is 4.13. The van der Waals surface area contributed by atoms with Crippen LogP contribution < -0.4 is 11.3 Å². The van der Waals surface area contributed by atoms with Gasteiger partial charge in [-0.1, -0.05) is 35.3 Å². The Morgan fingerprint density at radius 2 is 2.08 bits per heavy atom. The quantitative estimate of drug-likeness (QED) is 0.872. The maximum absolute atomic E-state index is 12.7. The van der Waals surface area contributed by atoms with E-state index in [0.717, 1.165) is 24.8 Å². The van der Waals surface area contributed by atoms with Crippen molar-refractivity contribution in [3.8, 4) is 5.69 Å². The molecule has 3 rings (SSSR count). The van der Waals surface area contributed by atoms with Crippen LogP contribution in [0.25, 0.3) is 11.3 Å². The van der Waals surface area contributed by atoms with Crippen molar-refractivity contribution in [3.63, 3.8) is 0 Å². The highest BCUT2D eigenvalue weighted by atomic mass is 35.5. The fraction of sp³-hybridized carbons (Fsp3) is 0.333. The van der Waals surface area contributed by atoms with Gasteiger partial charge in [-0.2, -0.15) is 0 Å². The third-order valence-electron chi connectivity index (χ3n) is 4.37. The molecule has 0 amide bonds. The van der Waals surface area contributed by atoms with E-state index < -0.39 is 0 Å². The van der Waals surface area contributed by atoms with Gasteiger partial charge in [-0.05, 0) is 50.8 Å². The number of benzene rings is 1. The van der Waals surface area contributed by atoms with E-state index >= 15 is 0 Å². The lowest BCUT2D eigenvalue weighted by atomic mass is 9.84.